The van der Waals surface area contributed by atoms with Gasteiger partial charge in [-0.05, 0) is 24.5 Å². The summed E-state index contributed by atoms with van der Waals surface area (Å²) in [5.41, 5.74) is 6.80. The molecule has 118 valence electrons. The van der Waals surface area contributed by atoms with E-state index in [0.29, 0.717) is 0 Å². The third kappa shape index (κ3) is 5.78. The van der Waals surface area contributed by atoms with Gasteiger partial charge in [-0.1, -0.05) is 43.7 Å². The SMILES string of the molecule is Cc1cccc(/C=C/C(=O)O[C@@H](C(=O)NC(N)=O)C(C)C)c1. The number of ether oxygens (including phenoxy) is 1. The highest BCUT2D eigenvalue weighted by molar-refractivity contribution is 5.97. The standard InChI is InChI=1S/C16H20N2O4/c1-10(2)14(15(20)18-16(17)21)22-13(19)8-7-12-6-4-5-11(3)9-12/h4-10,14H,1-3H3,(H3,17,18,20,21)/b8-7+/t14-/m1/s1. The summed E-state index contributed by atoms with van der Waals surface area (Å²) in [5, 5.41) is 1.91. The van der Waals surface area contributed by atoms with E-state index in [0.717, 1.165) is 11.1 Å². The number of carbonyl (C=O) groups excluding carboxylic acids is 3. The van der Waals surface area contributed by atoms with E-state index < -0.39 is 24.0 Å². The van der Waals surface area contributed by atoms with Gasteiger partial charge in [0.15, 0.2) is 6.10 Å². The molecule has 0 aromatic heterocycles. The topological polar surface area (TPSA) is 98.5 Å². The first-order valence-electron chi connectivity index (χ1n) is 6.85. The quantitative estimate of drug-likeness (QED) is 0.639. The van der Waals surface area contributed by atoms with Crippen molar-refractivity contribution >= 4 is 24.0 Å². The number of aryl methyl sites for hydroxylation is 1. The van der Waals surface area contributed by atoms with Gasteiger partial charge in [-0.2, -0.15) is 0 Å². The number of carbonyl (C=O) groups is 3. The molecule has 0 saturated carbocycles. The smallest absolute Gasteiger partial charge is 0.331 e. The van der Waals surface area contributed by atoms with Gasteiger partial charge in [0.25, 0.3) is 5.91 Å². The van der Waals surface area contributed by atoms with Crippen LogP contribution in [0.5, 0.6) is 0 Å². The first-order chi connectivity index (χ1) is 10.3. The summed E-state index contributed by atoms with van der Waals surface area (Å²) in [4.78, 5) is 34.2. The molecule has 1 aromatic rings. The second-order valence-electron chi connectivity index (χ2n) is 5.20. The Morgan fingerprint density at radius 3 is 2.50 bits per heavy atom. The van der Waals surface area contributed by atoms with Gasteiger partial charge in [0.2, 0.25) is 0 Å². The summed E-state index contributed by atoms with van der Waals surface area (Å²) in [5.74, 6) is -1.70. The van der Waals surface area contributed by atoms with Gasteiger partial charge in [-0.25, -0.2) is 9.59 Å². The minimum Gasteiger partial charge on any atom is -0.449 e. The van der Waals surface area contributed by atoms with Crippen molar-refractivity contribution in [1.29, 1.82) is 0 Å². The van der Waals surface area contributed by atoms with Gasteiger partial charge in [-0.3, -0.25) is 10.1 Å². The summed E-state index contributed by atoms with van der Waals surface area (Å²) in [7, 11) is 0. The zero-order valence-electron chi connectivity index (χ0n) is 12.8. The van der Waals surface area contributed by atoms with E-state index in [9.17, 15) is 14.4 Å². The monoisotopic (exact) mass is 304 g/mol. The van der Waals surface area contributed by atoms with E-state index >= 15 is 0 Å². The zero-order valence-corrected chi connectivity index (χ0v) is 12.8. The summed E-state index contributed by atoms with van der Waals surface area (Å²) in [6, 6.07) is 6.58. The second-order valence-corrected chi connectivity index (χ2v) is 5.20. The van der Waals surface area contributed by atoms with Crippen LogP contribution >= 0.6 is 0 Å². The lowest BCUT2D eigenvalue weighted by Crippen LogP contribution is -2.45. The Morgan fingerprint density at radius 2 is 1.95 bits per heavy atom. The fourth-order valence-corrected chi connectivity index (χ4v) is 1.79. The molecule has 0 unspecified atom stereocenters. The van der Waals surface area contributed by atoms with Crippen LogP contribution in [0.3, 0.4) is 0 Å². The third-order valence-corrected chi connectivity index (χ3v) is 2.81. The minimum absolute atomic E-state index is 0.296. The molecule has 22 heavy (non-hydrogen) atoms. The van der Waals surface area contributed by atoms with Crippen LogP contribution in [-0.4, -0.2) is 24.0 Å². The van der Waals surface area contributed by atoms with Crippen LogP contribution in [0, 0.1) is 12.8 Å². The molecule has 1 atom stereocenters. The number of urea groups is 1. The molecule has 3 N–H and O–H groups in total. The maximum absolute atomic E-state index is 11.8. The van der Waals surface area contributed by atoms with Crippen molar-refractivity contribution in [2.45, 2.75) is 26.9 Å². The molecule has 0 aliphatic heterocycles. The molecule has 0 bridgehead atoms. The Hall–Kier alpha value is -2.63. The van der Waals surface area contributed by atoms with Crippen LogP contribution in [-0.2, 0) is 14.3 Å². The Labute approximate surface area is 129 Å². The first kappa shape index (κ1) is 17.4. The minimum atomic E-state index is -1.08. The highest BCUT2D eigenvalue weighted by atomic mass is 16.5. The van der Waals surface area contributed by atoms with Crippen LogP contribution in [0.1, 0.15) is 25.0 Å². The first-order valence-corrected chi connectivity index (χ1v) is 6.85. The van der Waals surface area contributed by atoms with Gasteiger partial charge in [-0.15, -0.1) is 0 Å². The molecule has 0 aliphatic rings. The van der Waals surface area contributed by atoms with E-state index in [4.69, 9.17) is 10.5 Å². The van der Waals surface area contributed by atoms with Crippen LogP contribution in [0.2, 0.25) is 0 Å². The Morgan fingerprint density at radius 1 is 1.27 bits per heavy atom. The number of hydrogen-bond acceptors (Lipinski definition) is 4. The Kier molecular flexibility index (Phi) is 6.31. The molecule has 6 heteroatoms. The van der Waals surface area contributed by atoms with Crippen molar-refractivity contribution in [2.24, 2.45) is 11.7 Å². The number of hydrogen-bond donors (Lipinski definition) is 2. The molecule has 0 saturated heterocycles. The van der Waals surface area contributed by atoms with Gasteiger partial charge >= 0.3 is 12.0 Å². The van der Waals surface area contributed by atoms with Gasteiger partial charge < -0.3 is 10.5 Å². The predicted octanol–water partition coefficient (Wildman–Crippen LogP) is 1.77. The zero-order chi connectivity index (χ0) is 16.7. The van der Waals surface area contributed by atoms with Crippen molar-refractivity contribution < 1.29 is 19.1 Å². The molecule has 1 rings (SSSR count). The molecule has 0 heterocycles. The highest BCUT2D eigenvalue weighted by Crippen LogP contribution is 2.09. The fraction of sp³-hybridized carbons (Fsp3) is 0.312. The number of benzene rings is 1. The predicted molar refractivity (Wildman–Crippen MR) is 82.7 cm³/mol. The van der Waals surface area contributed by atoms with Crippen LogP contribution in [0.15, 0.2) is 30.3 Å². The lowest BCUT2D eigenvalue weighted by molar-refractivity contribution is -0.153. The maximum atomic E-state index is 11.8. The van der Waals surface area contributed by atoms with Crippen molar-refractivity contribution in [3.05, 3.63) is 41.5 Å². The number of imide groups is 1. The molecule has 3 amide bonds. The van der Waals surface area contributed by atoms with E-state index in [-0.39, 0.29) is 5.92 Å². The number of amides is 3. The van der Waals surface area contributed by atoms with E-state index in [1.165, 1.54) is 6.08 Å². The third-order valence-electron chi connectivity index (χ3n) is 2.81. The summed E-state index contributed by atoms with van der Waals surface area (Å²) in [6.45, 7) is 5.34. The highest BCUT2D eigenvalue weighted by Gasteiger charge is 2.26. The van der Waals surface area contributed by atoms with Gasteiger partial charge in [0.05, 0.1) is 0 Å². The molecule has 6 nitrogen and oxygen atoms in total. The van der Waals surface area contributed by atoms with Crippen molar-refractivity contribution in [2.75, 3.05) is 0 Å². The molecular weight excluding hydrogens is 284 g/mol. The van der Waals surface area contributed by atoms with Crippen molar-refractivity contribution in [3.63, 3.8) is 0 Å². The number of nitrogens with two attached hydrogens (primary N) is 1. The molecule has 0 aliphatic carbocycles. The molecule has 1 aromatic carbocycles. The average Bonchev–Trinajstić information content (AvgIpc) is 2.41. The maximum Gasteiger partial charge on any atom is 0.331 e. The van der Waals surface area contributed by atoms with Gasteiger partial charge in [0, 0.05) is 6.08 Å². The fourth-order valence-electron chi connectivity index (χ4n) is 1.79. The van der Waals surface area contributed by atoms with E-state index in [1.54, 1.807) is 19.9 Å². The average molecular weight is 304 g/mol. The van der Waals surface area contributed by atoms with Crippen LogP contribution in [0.25, 0.3) is 6.08 Å². The summed E-state index contributed by atoms with van der Waals surface area (Å²) in [6.07, 6.45) is 1.75. The molecule has 0 fully saturated rings. The number of primary amides is 1. The Balaban J connectivity index is 2.71. The Bertz CT molecular complexity index is 594. The van der Waals surface area contributed by atoms with E-state index in [2.05, 4.69) is 0 Å². The lowest BCUT2D eigenvalue weighted by Gasteiger charge is -2.18. The largest absolute Gasteiger partial charge is 0.449 e. The van der Waals surface area contributed by atoms with Crippen LogP contribution < -0.4 is 11.1 Å². The van der Waals surface area contributed by atoms with Gasteiger partial charge in [0.1, 0.15) is 0 Å². The number of esters is 1. The lowest BCUT2D eigenvalue weighted by atomic mass is 10.1. The summed E-state index contributed by atoms with van der Waals surface area (Å²) >= 11 is 0. The summed E-state index contributed by atoms with van der Waals surface area (Å²) < 4.78 is 5.08. The second kappa shape index (κ2) is 7.97. The van der Waals surface area contributed by atoms with Crippen molar-refractivity contribution in [1.82, 2.24) is 5.32 Å². The van der Waals surface area contributed by atoms with Crippen molar-refractivity contribution in [3.8, 4) is 0 Å². The number of nitrogens with one attached hydrogen (secondary N) is 1. The molecular formula is C16H20N2O4. The van der Waals surface area contributed by atoms with Crippen LogP contribution in [0.4, 0.5) is 4.79 Å². The molecule has 0 spiro atoms. The molecule has 0 radical (unpaired) electrons. The normalized spacial score (nSPS) is 12.2. The van der Waals surface area contributed by atoms with E-state index in [1.807, 2.05) is 36.5 Å². The number of rotatable bonds is 5.